The standard InChI is InChI=1S/C12H10F4O3/c13-8-5-6(12(14,15)16)1-2-7(8)11(3-4-11)9(17)10(18)19/h1-2,5,9,17H,3-4H2,(H,18,19). The monoisotopic (exact) mass is 278 g/mol. The van der Waals surface area contributed by atoms with Crippen molar-refractivity contribution in [1.29, 1.82) is 0 Å². The molecule has 2 rings (SSSR count). The fourth-order valence-corrected chi connectivity index (χ4v) is 2.16. The van der Waals surface area contributed by atoms with Gasteiger partial charge in [0.05, 0.1) is 5.56 Å². The van der Waals surface area contributed by atoms with Crippen LogP contribution >= 0.6 is 0 Å². The molecule has 1 aromatic rings. The molecule has 1 aromatic carbocycles. The molecule has 0 aromatic heterocycles. The van der Waals surface area contributed by atoms with Gasteiger partial charge < -0.3 is 10.2 Å². The molecule has 2 N–H and O–H groups in total. The SMILES string of the molecule is O=C(O)C(O)C1(c2ccc(C(F)(F)F)cc2F)CC1. The first-order valence-corrected chi connectivity index (χ1v) is 5.46. The second kappa shape index (κ2) is 4.19. The summed E-state index contributed by atoms with van der Waals surface area (Å²) in [7, 11) is 0. The minimum absolute atomic E-state index is 0.185. The van der Waals surface area contributed by atoms with Gasteiger partial charge in [-0.05, 0) is 30.5 Å². The highest BCUT2D eigenvalue weighted by atomic mass is 19.4. The summed E-state index contributed by atoms with van der Waals surface area (Å²) in [6, 6.07) is 1.91. The number of carboxylic acids is 1. The van der Waals surface area contributed by atoms with Crippen LogP contribution in [0.3, 0.4) is 0 Å². The number of aliphatic hydroxyl groups excluding tert-OH is 1. The van der Waals surface area contributed by atoms with Gasteiger partial charge >= 0.3 is 12.1 Å². The van der Waals surface area contributed by atoms with E-state index in [9.17, 15) is 27.5 Å². The average Bonchev–Trinajstić information content (AvgIpc) is 3.07. The zero-order valence-electron chi connectivity index (χ0n) is 9.54. The summed E-state index contributed by atoms with van der Waals surface area (Å²) in [5.41, 5.74) is -2.63. The van der Waals surface area contributed by atoms with Gasteiger partial charge in [0.25, 0.3) is 0 Å². The molecule has 1 unspecified atom stereocenters. The Labute approximate surface area is 105 Å². The third-order valence-electron chi connectivity index (χ3n) is 3.38. The number of aliphatic hydroxyl groups is 1. The lowest BCUT2D eigenvalue weighted by molar-refractivity contribution is -0.148. The van der Waals surface area contributed by atoms with E-state index in [4.69, 9.17) is 5.11 Å². The highest BCUT2D eigenvalue weighted by molar-refractivity contribution is 5.75. The molecule has 1 aliphatic carbocycles. The number of aliphatic carboxylic acids is 1. The number of halogens is 4. The van der Waals surface area contributed by atoms with Crippen LogP contribution in [0.25, 0.3) is 0 Å². The number of carbonyl (C=O) groups is 1. The average molecular weight is 278 g/mol. The van der Waals surface area contributed by atoms with Crippen LogP contribution in [0.15, 0.2) is 18.2 Å². The van der Waals surface area contributed by atoms with E-state index in [-0.39, 0.29) is 18.4 Å². The van der Waals surface area contributed by atoms with E-state index in [0.717, 1.165) is 6.07 Å². The summed E-state index contributed by atoms with van der Waals surface area (Å²) in [5, 5.41) is 18.3. The lowest BCUT2D eigenvalue weighted by Gasteiger charge is -2.20. The smallest absolute Gasteiger partial charge is 0.416 e. The molecular weight excluding hydrogens is 268 g/mol. The van der Waals surface area contributed by atoms with Gasteiger partial charge in [-0.15, -0.1) is 0 Å². The molecule has 0 spiro atoms. The van der Waals surface area contributed by atoms with Gasteiger partial charge in [-0.1, -0.05) is 6.07 Å². The quantitative estimate of drug-likeness (QED) is 0.834. The van der Waals surface area contributed by atoms with Crippen LogP contribution in [0.2, 0.25) is 0 Å². The molecule has 1 atom stereocenters. The van der Waals surface area contributed by atoms with E-state index in [0.29, 0.717) is 12.1 Å². The minimum atomic E-state index is -4.67. The first-order valence-electron chi connectivity index (χ1n) is 5.46. The van der Waals surface area contributed by atoms with Crippen molar-refractivity contribution in [3.05, 3.63) is 35.1 Å². The summed E-state index contributed by atoms with van der Waals surface area (Å²) < 4.78 is 50.9. The first kappa shape index (κ1) is 13.8. The summed E-state index contributed by atoms with van der Waals surface area (Å²) >= 11 is 0. The summed E-state index contributed by atoms with van der Waals surface area (Å²) in [6.07, 6.45) is -6.04. The van der Waals surface area contributed by atoms with E-state index < -0.39 is 35.0 Å². The molecule has 7 heteroatoms. The Morgan fingerprint density at radius 3 is 2.26 bits per heavy atom. The first-order chi connectivity index (χ1) is 8.68. The van der Waals surface area contributed by atoms with Gasteiger partial charge in [0.1, 0.15) is 5.82 Å². The Bertz CT molecular complexity index is 520. The summed E-state index contributed by atoms with van der Waals surface area (Å²) in [6.45, 7) is 0. The van der Waals surface area contributed by atoms with Crippen LogP contribution in [-0.4, -0.2) is 22.3 Å². The fraction of sp³-hybridized carbons (Fsp3) is 0.417. The molecule has 0 amide bonds. The highest BCUT2D eigenvalue weighted by Crippen LogP contribution is 2.52. The van der Waals surface area contributed by atoms with Crippen LogP contribution in [0.1, 0.15) is 24.0 Å². The topological polar surface area (TPSA) is 57.5 Å². The summed E-state index contributed by atoms with van der Waals surface area (Å²) in [5.74, 6) is -2.66. The number of hydrogen-bond acceptors (Lipinski definition) is 2. The highest BCUT2D eigenvalue weighted by Gasteiger charge is 2.55. The fourth-order valence-electron chi connectivity index (χ4n) is 2.16. The van der Waals surface area contributed by atoms with Gasteiger partial charge in [-0.25, -0.2) is 9.18 Å². The molecule has 19 heavy (non-hydrogen) atoms. The Morgan fingerprint density at radius 1 is 1.32 bits per heavy atom. The normalized spacial score (nSPS) is 19.0. The van der Waals surface area contributed by atoms with Crippen molar-refractivity contribution in [2.75, 3.05) is 0 Å². The minimum Gasteiger partial charge on any atom is -0.479 e. The van der Waals surface area contributed by atoms with Gasteiger partial charge in [-0.3, -0.25) is 0 Å². The van der Waals surface area contributed by atoms with Crippen molar-refractivity contribution in [3.63, 3.8) is 0 Å². The second-order valence-corrected chi connectivity index (χ2v) is 4.59. The van der Waals surface area contributed by atoms with Crippen LogP contribution in [0, 0.1) is 5.82 Å². The van der Waals surface area contributed by atoms with Crippen LogP contribution in [0.4, 0.5) is 17.6 Å². The summed E-state index contributed by atoms with van der Waals surface area (Å²) in [4.78, 5) is 10.7. The van der Waals surface area contributed by atoms with Crippen molar-refractivity contribution in [2.24, 2.45) is 0 Å². The maximum Gasteiger partial charge on any atom is 0.416 e. The number of carboxylic acid groups (broad SMARTS) is 1. The number of alkyl halides is 3. The second-order valence-electron chi connectivity index (χ2n) is 4.59. The van der Waals surface area contributed by atoms with Gasteiger partial charge in [0, 0.05) is 5.41 Å². The van der Waals surface area contributed by atoms with E-state index in [2.05, 4.69) is 0 Å². The van der Waals surface area contributed by atoms with Crippen LogP contribution in [0.5, 0.6) is 0 Å². The van der Waals surface area contributed by atoms with Crippen LogP contribution in [-0.2, 0) is 16.4 Å². The third kappa shape index (κ3) is 2.30. The number of hydrogen-bond donors (Lipinski definition) is 2. The molecule has 104 valence electrons. The molecule has 0 aliphatic heterocycles. The largest absolute Gasteiger partial charge is 0.479 e. The van der Waals surface area contributed by atoms with Crippen molar-refractivity contribution < 1.29 is 32.6 Å². The zero-order valence-corrected chi connectivity index (χ0v) is 9.54. The predicted octanol–water partition coefficient (Wildman–Crippen LogP) is 2.32. The predicted molar refractivity (Wildman–Crippen MR) is 56.0 cm³/mol. The van der Waals surface area contributed by atoms with E-state index in [1.807, 2.05) is 0 Å². The van der Waals surface area contributed by atoms with Crippen molar-refractivity contribution in [3.8, 4) is 0 Å². The van der Waals surface area contributed by atoms with Gasteiger partial charge in [-0.2, -0.15) is 13.2 Å². The van der Waals surface area contributed by atoms with E-state index in [1.54, 1.807) is 0 Å². The Morgan fingerprint density at radius 2 is 1.89 bits per heavy atom. The maximum absolute atomic E-state index is 13.7. The van der Waals surface area contributed by atoms with E-state index in [1.165, 1.54) is 0 Å². The Kier molecular flexibility index (Phi) is 3.04. The molecule has 1 aliphatic rings. The maximum atomic E-state index is 13.7. The number of benzene rings is 1. The van der Waals surface area contributed by atoms with Crippen molar-refractivity contribution in [1.82, 2.24) is 0 Å². The third-order valence-corrected chi connectivity index (χ3v) is 3.38. The van der Waals surface area contributed by atoms with Crippen molar-refractivity contribution >= 4 is 5.97 Å². The van der Waals surface area contributed by atoms with Crippen molar-refractivity contribution in [2.45, 2.75) is 30.5 Å². The molecule has 1 fully saturated rings. The molecule has 0 radical (unpaired) electrons. The Hall–Kier alpha value is -1.63. The van der Waals surface area contributed by atoms with Gasteiger partial charge in [0.15, 0.2) is 6.10 Å². The van der Waals surface area contributed by atoms with E-state index >= 15 is 0 Å². The van der Waals surface area contributed by atoms with Crippen LogP contribution < -0.4 is 0 Å². The zero-order chi connectivity index (χ0) is 14.4. The molecule has 0 bridgehead atoms. The molecular formula is C12H10F4O3. The molecule has 0 heterocycles. The molecule has 3 nitrogen and oxygen atoms in total. The number of rotatable bonds is 3. The lowest BCUT2D eigenvalue weighted by atomic mass is 9.89. The lowest BCUT2D eigenvalue weighted by Crippen LogP contribution is -2.34. The molecule has 1 saturated carbocycles. The van der Waals surface area contributed by atoms with Gasteiger partial charge in [0.2, 0.25) is 0 Å². The Balaban J connectivity index is 2.40. The molecule has 0 saturated heterocycles.